The van der Waals surface area contributed by atoms with E-state index in [2.05, 4.69) is 46.7 Å². The fraction of sp³-hybridized carbons (Fsp3) is 0.214. The van der Waals surface area contributed by atoms with Crippen LogP contribution < -0.4 is 5.32 Å². The van der Waals surface area contributed by atoms with E-state index in [1.807, 2.05) is 19.3 Å². The van der Waals surface area contributed by atoms with Gasteiger partial charge in [-0.2, -0.15) is 0 Å². The fourth-order valence-corrected chi connectivity index (χ4v) is 1.75. The summed E-state index contributed by atoms with van der Waals surface area (Å²) >= 11 is 0. The highest BCUT2D eigenvalue weighted by Crippen LogP contribution is 2.09. The summed E-state index contributed by atoms with van der Waals surface area (Å²) < 4.78 is 0. The number of rotatable bonds is 4. The number of nitrogens with zero attached hydrogens (tertiary/aromatic N) is 1. The third kappa shape index (κ3) is 2.91. The third-order valence-electron chi connectivity index (χ3n) is 2.49. The predicted octanol–water partition coefficient (Wildman–Crippen LogP) is 2.39. The Morgan fingerprint density at radius 2 is 1.88 bits per heavy atom. The molecule has 0 amide bonds. The van der Waals surface area contributed by atoms with E-state index < -0.39 is 0 Å². The lowest BCUT2D eigenvalue weighted by atomic mass is 10.1. The van der Waals surface area contributed by atoms with E-state index in [0.29, 0.717) is 0 Å². The van der Waals surface area contributed by atoms with Gasteiger partial charge in [-0.3, -0.25) is 4.98 Å². The van der Waals surface area contributed by atoms with Crippen molar-refractivity contribution in [2.75, 3.05) is 7.05 Å². The largest absolute Gasteiger partial charge is 0.314 e. The zero-order chi connectivity index (χ0) is 11.2. The minimum atomic E-state index is 0.822. The van der Waals surface area contributed by atoms with Gasteiger partial charge in [0.05, 0.1) is 5.69 Å². The summed E-state index contributed by atoms with van der Waals surface area (Å²) in [5.41, 5.74) is 3.74. The SMILES string of the molecule is CNCc1cc(Cc2ccccc2)ccn1. The highest BCUT2D eigenvalue weighted by Gasteiger charge is 1.98. The second-order valence-corrected chi connectivity index (χ2v) is 3.85. The van der Waals surface area contributed by atoms with Crippen molar-refractivity contribution in [2.45, 2.75) is 13.0 Å². The molecule has 0 radical (unpaired) electrons. The zero-order valence-corrected chi connectivity index (χ0v) is 9.48. The first-order valence-electron chi connectivity index (χ1n) is 5.51. The molecule has 1 N–H and O–H groups in total. The summed E-state index contributed by atoms with van der Waals surface area (Å²) in [4.78, 5) is 4.31. The summed E-state index contributed by atoms with van der Waals surface area (Å²) in [7, 11) is 1.94. The van der Waals surface area contributed by atoms with E-state index in [9.17, 15) is 0 Å². The number of nitrogens with one attached hydrogen (secondary N) is 1. The maximum Gasteiger partial charge on any atom is 0.0544 e. The van der Waals surface area contributed by atoms with Gasteiger partial charge in [0.15, 0.2) is 0 Å². The van der Waals surface area contributed by atoms with Crippen molar-refractivity contribution in [2.24, 2.45) is 0 Å². The van der Waals surface area contributed by atoms with Crippen molar-refractivity contribution in [3.05, 3.63) is 65.5 Å². The molecule has 0 fully saturated rings. The molecule has 16 heavy (non-hydrogen) atoms. The molecule has 0 spiro atoms. The molecule has 0 atom stereocenters. The Morgan fingerprint density at radius 1 is 1.06 bits per heavy atom. The van der Waals surface area contributed by atoms with Crippen LogP contribution in [0.5, 0.6) is 0 Å². The van der Waals surface area contributed by atoms with Gasteiger partial charge in [-0.1, -0.05) is 30.3 Å². The Balaban J connectivity index is 2.12. The Hall–Kier alpha value is -1.67. The minimum Gasteiger partial charge on any atom is -0.314 e. The number of aromatic nitrogens is 1. The summed E-state index contributed by atoms with van der Waals surface area (Å²) in [5, 5.41) is 3.11. The molecule has 2 nitrogen and oxygen atoms in total. The second kappa shape index (κ2) is 5.42. The molecule has 2 rings (SSSR count). The smallest absolute Gasteiger partial charge is 0.0544 e. The molecular weight excluding hydrogens is 196 g/mol. The summed E-state index contributed by atoms with van der Waals surface area (Å²) in [6.07, 6.45) is 2.85. The summed E-state index contributed by atoms with van der Waals surface area (Å²) in [5.74, 6) is 0. The minimum absolute atomic E-state index is 0.822. The van der Waals surface area contributed by atoms with Crippen LogP contribution in [-0.4, -0.2) is 12.0 Å². The molecule has 0 bridgehead atoms. The Labute approximate surface area is 96.4 Å². The Kier molecular flexibility index (Phi) is 3.67. The molecule has 0 aliphatic carbocycles. The third-order valence-corrected chi connectivity index (χ3v) is 2.49. The van der Waals surface area contributed by atoms with Crippen LogP contribution in [-0.2, 0) is 13.0 Å². The highest BCUT2D eigenvalue weighted by molar-refractivity contribution is 5.26. The van der Waals surface area contributed by atoms with Gasteiger partial charge in [-0.15, -0.1) is 0 Å². The average Bonchev–Trinajstić information content (AvgIpc) is 2.31. The van der Waals surface area contributed by atoms with Crippen LogP contribution in [0, 0.1) is 0 Å². The van der Waals surface area contributed by atoms with Gasteiger partial charge in [0, 0.05) is 12.7 Å². The number of pyridine rings is 1. The molecule has 1 aromatic carbocycles. The summed E-state index contributed by atoms with van der Waals surface area (Å²) in [6, 6.07) is 14.7. The molecule has 0 aliphatic rings. The van der Waals surface area contributed by atoms with E-state index in [4.69, 9.17) is 0 Å². The molecular formula is C14H16N2. The van der Waals surface area contributed by atoms with Crippen LogP contribution >= 0.6 is 0 Å². The molecule has 82 valence electrons. The van der Waals surface area contributed by atoms with E-state index in [0.717, 1.165) is 18.7 Å². The normalized spacial score (nSPS) is 10.3. The quantitative estimate of drug-likeness (QED) is 0.841. The topological polar surface area (TPSA) is 24.9 Å². The molecule has 1 heterocycles. The van der Waals surface area contributed by atoms with Gasteiger partial charge < -0.3 is 5.32 Å². The van der Waals surface area contributed by atoms with Crippen LogP contribution in [0.4, 0.5) is 0 Å². The van der Waals surface area contributed by atoms with Crippen LogP contribution in [0.3, 0.4) is 0 Å². The molecule has 2 aromatic rings. The molecule has 0 saturated carbocycles. The van der Waals surface area contributed by atoms with Gasteiger partial charge in [0.2, 0.25) is 0 Å². The maximum absolute atomic E-state index is 4.31. The van der Waals surface area contributed by atoms with Crippen molar-refractivity contribution in [1.82, 2.24) is 10.3 Å². The van der Waals surface area contributed by atoms with Crippen LogP contribution in [0.25, 0.3) is 0 Å². The van der Waals surface area contributed by atoms with Gasteiger partial charge in [0.1, 0.15) is 0 Å². The predicted molar refractivity (Wildman–Crippen MR) is 66.2 cm³/mol. The van der Waals surface area contributed by atoms with Crippen molar-refractivity contribution in [1.29, 1.82) is 0 Å². The highest BCUT2D eigenvalue weighted by atomic mass is 14.8. The Bertz CT molecular complexity index is 437. The fourth-order valence-electron chi connectivity index (χ4n) is 1.75. The van der Waals surface area contributed by atoms with Crippen molar-refractivity contribution in [3.63, 3.8) is 0 Å². The van der Waals surface area contributed by atoms with Crippen LogP contribution in [0.15, 0.2) is 48.7 Å². The maximum atomic E-state index is 4.31. The van der Waals surface area contributed by atoms with Gasteiger partial charge in [-0.05, 0) is 36.7 Å². The van der Waals surface area contributed by atoms with E-state index in [1.54, 1.807) is 0 Å². The first-order chi connectivity index (χ1) is 7.88. The first kappa shape index (κ1) is 10.8. The molecule has 0 saturated heterocycles. The lowest BCUT2D eigenvalue weighted by Crippen LogP contribution is -2.07. The van der Waals surface area contributed by atoms with Gasteiger partial charge in [0.25, 0.3) is 0 Å². The standard InChI is InChI=1S/C14H16N2/c1-15-11-14-10-13(7-8-16-14)9-12-5-3-2-4-6-12/h2-8,10,15H,9,11H2,1H3. The van der Waals surface area contributed by atoms with E-state index >= 15 is 0 Å². The first-order valence-corrected chi connectivity index (χ1v) is 5.51. The van der Waals surface area contributed by atoms with Crippen molar-refractivity contribution >= 4 is 0 Å². The molecule has 2 heteroatoms. The van der Waals surface area contributed by atoms with Crippen molar-refractivity contribution < 1.29 is 0 Å². The Morgan fingerprint density at radius 3 is 2.62 bits per heavy atom. The number of hydrogen-bond donors (Lipinski definition) is 1. The van der Waals surface area contributed by atoms with Gasteiger partial charge in [-0.25, -0.2) is 0 Å². The van der Waals surface area contributed by atoms with Crippen molar-refractivity contribution in [3.8, 4) is 0 Å². The average molecular weight is 212 g/mol. The molecule has 0 unspecified atom stereocenters. The number of benzene rings is 1. The summed E-state index contributed by atoms with van der Waals surface area (Å²) in [6.45, 7) is 0.822. The molecule has 1 aromatic heterocycles. The van der Waals surface area contributed by atoms with E-state index in [1.165, 1.54) is 11.1 Å². The molecule has 0 aliphatic heterocycles. The lowest BCUT2D eigenvalue weighted by Gasteiger charge is -2.04. The lowest BCUT2D eigenvalue weighted by molar-refractivity contribution is 0.789. The second-order valence-electron chi connectivity index (χ2n) is 3.85. The monoisotopic (exact) mass is 212 g/mol. The zero-order valence-electron chi connectivity index (χ0n) is 9.48. The van der Waals surface area contributed by atoms with Crippen LogP contribution in [0.1, 0.15) is 16.8 Å². The number of hydrogen-bond acceptors (Lipinski definition) is 2. The van der Waals surface area contributed by atoms with E-state index in [-0.39, 0.29) is 0 Å². The van der Waals surface area contributed by atoms with Crippen LogP contribution in [0.2, 0.25) is 0 Å². The van der Waals surface area contributed by atoms with Gasteiger partial charge >= 0.3 is 0 Å².